The molecular weight excluding hydrogens is 383 g/mol. The van der Waals surface area contributed by atoms with Gasteiger partial charge in [-0.15, -0.1) is 0 Å². The summed E-state index contributed by atoms with van der Waals surface area (Å²) in [7, 11) is -3.72. The molecule has 0 radical (unpaired) electrons. The number of hydrogen-bond acceptors (Lipinski definition) is 4. The molecule has 2 heterocycles. The molecule has 0 amide bonds. The molecule has 3 unspecified atom stereocenters. The molecule has 0 N–H and O–H groups in total. The number of hydrogen-bond donors (Lipinski definition) is 0. The molecule has 2 fully saturated rings. The first-order valence-electron chi connectivity index (χ1n) is 8.62. The molecule has 1 aromatic rings. The summed E-state index contributed by atoms with van der Waals surface area (Å²) in [5, 5.41) is 0.346. The Morgan fingerprint density at radius 2 is 1.76 bits per heavy atom. The first-order chi connectivity index (χ1) is 11.8. The normalized spacial score (nSPS) is 29.2. The van der Waals surface area contributed by atoms with Gasteiger partial charge >= 0.3 is 0 Å². The van der Waals surface area contributed by atoms with E-state index in [9.17, 15) is 8.42 Å². The molecule has 0 aliphatic carbocycles. The Morgan fingerprint density at radius 1 is 1.16 bits per heavy atom. The minimum atomic E-state index is -3.72. The van der Waals surface area contributed by atoms with Gasteiger partial charge in [-0.05, 0) is 38.8 Å². The molecule has 5 nitrogen and oxygen atoms in total. The summed E-state index contributed by atoms with van der Waals surface area (Å²) >= 11 is 12.3. The highest BCUT2D eigenvalue weighted by Gasteiger charge is 2.39. The van der Waals surface area contributed by atoms with Crippen molar-refractivity contribution in [3.8, 4) is 0 Å². The third-order valence-electron chi connectivity index (χ3n) is 4.77. The quantitative estimate of drug-likeness (QED) is 0.769. The van der Waals surface area contributed by atoms with E-state index in [0.717, 1.165) is 25.9 Å². The van der Waals surface area contributed by atoms with Crippen LogP contribution in [0.25, 0.3) is 0 Å². The Morgan fingerprint density at radius 3 is 2.36 bits per heavy atom. The lowest BCUT2D eigenvalue weighted by atomic mass is 10.1. The highest BCUT2D eigenvalue weighted by molar-refractivity contribution is 7.89. The number of halogens is 2. The standard InChI is InChI=1S/C17H24Cl2N2O3S/c1-12-9-20(10-13(2)24-12)11-14-5-4-8-21(14)25(22,23)17-15(18)6-3-7-16(17)19/h3,6-7,12-14H,4-5,8-11H2,1-2H3. The van der Waals surface area contributed by atoms with Crippen LogP contribution >= 0.6 is 23.2 Å². The van der Waals surface area contributed by atoms with Crippen molar-refractivity contribution in [2.75, 3.05) is 26.2 Å². The summed E-state index contributed by atoms with van der Waals surface area (Å²) in [4.78, 5) is 2.32. The van der Waals surface area contributed by atoms with Gasteiger partial charge in [-0.1, -0.05) is 29.3 Å². The number of nitrogens with zero attached hydrogens (tertiary/aromatic N) is 2. The molecule has 0 spiro atoms. The first kappa shape index (κ1) is 19.4. The molecule has 3 atom stereocenters. The maximum Gasteiger partial charge on any atom is 0.246 e. The predicted octanol–water partition coefficient (Wildman–Crippen LogP) is 3.26. The second kappa shape index (κ2) is 7.71. The highest BCUT2D eigenvalue weighted by Crippen LogP contribution is 2.35. The summed E-state index contributed by atoms with van der Waals surface area (Å²) in [6, 6.07) is 4.73. The SMILES string of the molecule is CC1CN(CC2CCCN2S(=O)(=O)c2c(Cl)cccc2Cl)CC(C)O1. The van der Waals surface area contributed by atoms with E-state index in [-0.39, 0.29) is 33.2 Å². The van der Waals surface area contributed by atoms with E-state index in [0.29, 0.717) is 13.1 Å². The molecule has 2 aliphatic rings. The zero-order chi connectivity index (χ0) is 18.2. The summed E-state index contributed by atoms with van der Waals surface area (Å²) in [6.07, 6.45) is 2.02. The minimum Gasteiger partial charge on any atom is -0.373 e. The minimum absolute atomic E-state index is 0.0222. The fourth-order valence-electron chi connectivity index (χ4n) is 3.89. The van der Waals surface area contributed by atoms with Crippen LogP contribution in [0.1, 0.15) is 26.7 Å². The molecule has 2 saturated heterocycles. The van der Waals surface area contributed by atoms with E-state index in [1.54, 1.807) is 22.5 Å². The number of benzene rings is 1. The molecule has 0 saturated carbocycles. The number of rotatable bonds is 4. The van der Waals surface area contributed by atoms with E-state index < -0.39 is 10.0 Å². The molecule has 25 heavy (non-hydrogen) atoms. The smallest absolute Gasteiger partial charge is 0.246 e. The van der Waals surface area contributed by atoms with Gasteiger partial charge in [0, 0.05) is 32.2 Å². The van der Waals surface area contributed by atoms with E-state index in [2.05, 4.69) is 18.7 Å². The van der Waals surface area contributed by atoms with Crippen molar-refractivity contribution in [1.82, 2.24) is 9.21 Å². The van der Waals surface area contributed by atoms with Gasteiger partial charge < -0.3 is 4.74 Å². The molecule has 8 heteroatoms. The predicted molar refractivity (Wildman–Crippen MR) is 99.8 cm³/mol. The van der Waals surface area contributed by atoms with Crippen LogP contribution in [-0.4, -0.2) is 62.1 Å². The van der Waals surface area contributed by atoms with Crippen LogP contribution in [0.2, 0.25) is 10.0 Å². The van der Waals surface area contributed by atoms with Crippen LogP contribution in [-0.2, 0) is 14.8 Å². The molecular formula is C17H24Cl2N2O3S. The van der Waals surface area contributed by atoms with E-state index in [1.165, 1.54) is 0 Å². The van der Waals surface area contributed by atoms with Gasteiger partial charge in [0.1, 0.15) is 4.90 Å². The zero-order valence-corrected chi connectivity index (χ0v) is 16.8. The van der Waals surface area contributed by atoms with Crippen molar-refractivity contribution in [3.63, 3.8) is 0 Å². The Hall–Kier alpha value is -0.370. The monoisotopic (exact) mass is 406 g/mol. The van der Waals surface area contributed by atoms with Gasteiger partial charge in [-0.3, -0.25) is 4.90 Å². The summed E-state index contributed by atoms with van der Waals surface area (Å²) in [6.45, 7) is 6.96. The second-order valence-corrected chi connectivity index (χ2v) is 9.58. The number of ether oxygens (including phenoxy) is 1. The lowest BCUT2D eigenvalue weighted by molar-refractivity contribution is -0.0707. The summed E-state index contributed by atoms with van der Waals surface area (Å²) in [5.74, 6) is 0. The van der Waals surface area contributed by atoms with Crippen molar-refractivity contribution in [2.24, 2.45) is 0 Å². The molecule has 3 rings (SSSR count). The van der Waals surface area contributed by atoms with Crippen LogP contribution in [0.4, 0.5) is 0 Å². The molecule has 140 valence electrons. The second-order valence-electron chi connectivity index (χ2n) is 6.94. The zero-order valence-electron chi connectivity index (χ0n) is 14.5. The van der Waals surface area contributed by atoms with Crippen molar-refractivity contribution in [2.45, 2.75) is 49.8 Å². The van der Waals surface area contributed by atoms with Crippen LogP contribution in [0.3, 0.4) is 0 Å². The maximum absolute atomic E-state index is 13.2. The molecule has 0 bridgehead atoms. The van der Waals surface area contributed by atoms with Crippen LogP contribution in [0.5, 0.6) is 0 Å². The topological polar surface area (TPSA) is 49.9 Å². The lowest BCUT2D eigenvalue weighted by Gasteiger charge is -2.38. The molecule has 0 aromatic heterocycles. The van der Waals surface area contributed by atoms with Crippen molar-refractivity contribution in [3.05, 3.63) is 28.2 Å². The molecule has 1 aromatic carbocycles. The average Bonchev–Trinajstić information content (AvgIpc) is 2.94. The number of morpholine rings is 1. The van der Waals surface area contributed by atoms with Crippen LogP contribution in [0.15, 0.2) is 23.1 Å². The van der Waals surface area contributed by atoms with Gasteiger partial charge in [0.25, 0.3) is 0 Å². The fraction of sp³-hybridized carbons (Fsp3) is 0.647. The third-order valence-corrected chi connectivity index (χ3v) is 7.68. The third kappa shape index (κ3) is 4.15. The van der Waals surface area contributed by atoms with E-state index in [4.69, 9.17) is 27.9 Å². The molecule has 2 aliphatic heterocycles. The Balaban J connectivity index is 1.81. The van der Waals surface area contributed by atoms with Gasteiger partial charge in [0.15, 0.2) is 0 Å². The van der Waals surface area contributed by atoms with Crippen molar-refractivity contribution < 1.29 is 13.2 Å². The van der Waals surface area contributed by atoms with E-state index in [1.807, 2.05) is 0 Å². The Labute approximate surface area is 159 Å². The van der Waals surface area contributed by atoms with Crippen LogP contribution < -0.4 is 0 Å². The van der Waals surface area contributed by atoms with Gasteiger partial charge in [0.2, 0.25) is 10.0 Å². The average molecular weight is 407 g/mol. The highest BCUT2D eigenvalue weighted by atomic mass is 35.5. The Kier molecular flexibility index (Phi) is 5.98. The fourth-order valence-corrected chi connectivity index (χ4v) is 6.67. The van der Waals surface area contributed by atoms with Gasteiger partial charge in [0.05, 0.1) is 22.3 Å². The van der Waals surface area contributed by atoms with Crippen LogP contribution in [0, 0.1) is 0 Å². The number of sulfonamides is 1. The van der Waals surface area contributed by atoms with Gasteiger partial charge in [-0.25, -0.2) is 8.42 Å². The lowest BCUT2D eigenvalue weighted by Crippen LogP contribution is -2.50. The summed E-state index contributed by atoms with van der Waals surface area (Å²) in [5.41, 5.74) is 0. The van der Waals surface area contributed by atoms with Crippen molar-refractivity contribution in [1.29, 1.82) is 0 Å². The van der Waals surface area contributed by atoms with E-state index >= 15 is 0 Å². The van der Waals surface area contributed by atoms with Crippen molar-refractivity contribution >= 4 is 33.2 Å². The van der Waals surface area contributed by atoms with Gasteiger partial charge in [-0.2, -0.15) is 4.31 Å². The largest absolute Gasteiger partial charge is 0.373 e. The Bertz CT molecular complexity index is 698. The maximum atomic E-state index is 13.2. The first-order valence-corrected chi connectivity index (χ1v) is 10.8. The summed E-state index contributed by atoms with van der Waals surface area (Å²) < 4.78 is 33.7.